The SMILES string of the molecule is CN1CCN(CC=O)c2ccccc21. The van der Waals surface area contributed by atoms with Crippen LogP contribution in [0.15, 0.2) is 24.3 Å². The summed E-state index contributed by atoms with van der Waals surface area (Å²) < 4.78 is 0. The van der Waals surface area contributed by atoms with Crippen LogP contribution < -0.4 is 9.80 Å². The van der Waals surface area contributed by atoms with Crippen LogP contribution in [0.2, 0.25) is 0 Å². The molecule has 0 spiro atoms. The maximum atomic E-state index is 10.5. The van der Waals surface area contributed by atoms with E-state index in [0.717, 1.165) is 25.1 Å². The van der Waals surface area contributed by atoms with Gasteiger partial charge >= 0.3 is 0 Å². The molecule has 3 heteroatoms. The molecule has 1 heterocycles. The van der Waals surface area contributed by atoms with E-state index in [0.29, 0.717) is 6.54 Å². The van der Waals surface area contributed by atoms with Crippen LogP contribution in [0.3, 0.4) is 0 Å². The first kappa shape index (κ1) is 9.06. The van der Waals surface area contributed by atoms with Gasteiger partial charge in [-0.2, -0.15) is 0 Å². The molecule has 0 unspecified atom stereocenters. The number of benzene rings is 1. The Morgan fingerprint density at radius 3 is 2.71 bits per heavy atom. The molecule has 1 aliphatic rings. The van der Waals surface area contributed by atoms with Gasteiger partial charge in [0.1, 0.15) is 6.29 Å². The zero-order chi connectivity index (χ0) is 9.97. The van der Waals surface area contributed by atoms with Gasteiger partial charge < -0.3 is 14.6 Å². The third-order valence-corrected chi connectivity index (χ3v) is 2.63. The zero-order valence-corrected chi connectivity index (χ0v) is 8.31. The second-order valence-corrected chi connectivity index (χ2v) is 3.52. The van der Waals surface area contributed by atoms with Crippen LogP contribution in [-0.4, -0.2) is 33.0 Å². The van der Waals surface area contributed by atoms with Crippen molar-refractivity contribution in [2.45, 2.75) is 0 Å². The molecular formula is C11H14N2O. The van der Waals surface area contributed by atoms with Gasteiger partial charge in [-0.1, -0.05) is 12.1 Å². The zero-order valence-electron chi connectivity index (χ0n) is 8.31. The van der Waals surface area contributed by atoms with Crippen LogP contribution in [0.25, 0.3) is 0 Å². The number of anilines is 2. The lowest BCUT2D eigenvalue weighted by Crippen LogP contribution is -2.39. The normalized spacial score (nSPS) is 15.2. The number of likely N-dealkylation sites (N-methyl/N-ethyl adjacent to an activating group) is 1. The van der Waals surface area contributed by atoms with Gasteiger partial charge in [0.15, 0.2) is 0 Å². The average molecular weight is 190 g/mol. The summed E-state index contributed by atoms with van der Waals surface area (Å²) in [6.45, 7) is 2.39. The van der Waals surface area contributed by atoms with E-state index in [1.165, 1.54) is 5.69 Å². The molecule has 0 aliphatic carbocycles. The number of hydrogen-bond acceptors (Lipinski definition) is 3. The number of carbonyl (C=O) groups excluding carboxylic acids is 1. The van der Waals surface area contributed by atoms with Crippen LogP contribution in [0.1, 0.15) is 0 Å². The Balaban J connectivity index is 2.36. The van der Waals surface area contributed by atoms with Crippen molar-refractivity contribution in [1.29, 1.82) is 0 Å². The summed E-state index contributed by atoms with van der Waals surface area (Å²) in [4.78, 5) is 14.8. The Labute approximate surface area is 83.9 Å². The smallest absolute Gasteiger partial charge is 0.139 e. The topological polar surface area (TPSA) is 23.6 Å². The summed E-state index contributed by atoms with van der Waals surface area (Å²) in [5.41, 5.74) is 2.37. The lowest BCUT2D eigenvalue weighted by atomic mass is 10.2. The molecular weight excluding hydrogens is 176 g/mol. The van der Waals surface area contributed by atoms with Gasteiger partial charge in [0.2, 0.25) is 0 Å². The molecule has 3 nitrogen and oxygen atoms in total. The fraction of sp³-hybridized carbons (Fsp3) is 0.364. The van der Waals surface area contributed by atoms with Crippen LogP contribution >= 0.6 is 0 Å². The second-order valence-electron chi connectivity index (χ2n) is 3.52. The highest BCUT2D eigenvalue weighted by molar-refractivity contribution is 5.75. The number of aldehydes is 1. The first-order chi connectivity index (χ1) is 6.83. The van der Waals surface area contributed by atoms with Crippen LogP contribution in [0.4, 0.5) is 11.4 Å². The molecule has 1 aromatic carbocycles. The van der Waals surface area contributed by atoms with Gasteiger partial charge in [-0.15, -0.1) is 0 Å². The van der Waals surface area contributed by atoms with Gasteiger partial charge in [0, 0.05) is 20.1 Å². The first-order valence-corrected chi connectivity index (χ1v) is 4.81. The van der Waals surface area contributed by atoms with Gasteiger partial charge in [0.25, 0.3) is 0 Å². The van der Waals surface area contributed by atoms with Crippen LogP contribution in [0.5, 0.6) is 0 Å². The third kappa shape index (κ3) is 1.45. The molecule has 0 saturated carbocycles. The van der Waals surface area contributed by atoms with E-state index < -0.39 is 0 Å². The third-order valence-electron chi connectivity index (χ3n) is 2.63. The minimum atomic E-state index is 0.491. The predicted octanol–water partition coefficient (Wildman–Crippen LogP) is 1.14. The summed E-state index contributed by atoms with van der Waals surface area (Å²) in [6, 6.07) is 8.19. The van der Waals surface area contributed by atoms with Crippen molar-refractivity contribution in [2.75, 3.05) is 36.5 Å². The molecule has 0 amide bonds. The fourth-order valence-electron chi connectivity index (χ4n) is 1.85. The van der Waals surface area contributed by atoms with Crippen molar-refractivity contribution in [1.82, 2.24) is 0 Å². The Kier molecular flexibility index (Phi) is 2.39. The molecule has 14 heavy (non-hydrogen) atoms. The van der Waals surface area contributed by atoms with Gasteiger partial charge in [-0.3, -0.25) is 0 Å². The van der Waals surface area contributed by atoms with Crippen molar-refractivity contribution in [3.05, 3.63) is 24.3 Å². The molecule has 74 valence electrons. The van der Waals surface area contributed by atoms with E-state index in [4.69, 9.17) is 0 Å². The largest absolute Gasteiger partial charge is 0.371 e. The Bertz CT molecular complexity index is 338. The molecule has 2 rings (SSSR count). The fourth-order valence-corrected chi connectivity index (χ4v) is 1.85. The minimum absolute atomic E-state index is 0.491. The molecule has 0 bridgehead atoms. The van der Waals surface area contributed by atoms with Crippen molar-refractivity contribution in [3.63, 3.8) is 0 Å². The van der Waals surface area contributed by atoms with Gasteiger partial charge in [-0.05, 0) is 12.1 Å². The van der Waals surface area contributed by atoms with Crippen molar-refractivity contribution < 1.29 is 4.79 Å². The highest BCUT2D eigenvalue weighted by Crippen LogP contribution is 2.30. The monoisotopic (exact) mass is 190 g/mol. The molecule has 0 radical (unpaired) electrons. The average Bonchev–Trinajstić information content (AvgIpc) is 2.23. The van der Waals surface area contributed by atoms with Crippen LogP contribution in [0, 0.1) is 0 Å². The molecule has 0 aromatic heterocycles. The standard InChI is InChI=1S/C11H14N2O/c1-12-6-7-13(8-9-14)11-5-3-2-4-10(11)12/h2-5,9H,6-8H2,1H3. The molecule has 0 fully saturated rings. The lowest BCUT2D eigenvalue weighted by molar-refractivity contribution is -0.106. The van der Waals surface area contributed by atoms with E-state index in [1.807, 2.05) is 12.1 Å². The summed E-state index contributed by atoms with van der Waals surface area (Å²) in [5.74, 6) is 0. The maximum absolute atomic E-state index is 10.5. The number of rotatable bonds is 2. The van der Waals surface area contributed by atoms with Gasteiger partial charge in [0.05, 0.1) is 17.9 Å². The van der Waals surface area contributed by atoms with E-state index in [2.05, 4.69) is 29.0 Å². The van der Waals surface area contributed by atoms with Crippen LogP contribution in [-0.2, 0) is 4.79 Å². The number of para-hydroxylation sites is 2. The summed E-state index contributed by atoms with van der Waals surface area (Å²) in [7, 11) is 2.08. The molecule has 1 aromatic rings. The first-order valence-electron chi connectivity index (χ1n) is 4.81. The highest BCUT2D eigenvalue weighted by Gasteiger charge is 2.18. The molecule has 0 N–H and O–H groups in total. The maximum Gasteiger partial charge on any atom is 0.139 e. The van der Waals surface area contributed by atoms with Crippen molar-refractivity contribution >= 4 is 17.7 Å². The van der Waals surface area contributed by atoms with E-state index in [9.17, 15) is 4.79 Å². The summed E-state index contributed by atoms with van der Waals surface area (Å²) in [5, 5.41) is 0. The highest BCUT2D eigenvalue weighted by atomic mass is 16.1. The number of hydrogen-bond donors (Lipinski definition) is 0. The minimum Gasteiger partial charge on any atom is -0.371 e. The molecule has 0 atom stereocenters. The van der Waals surface area contributed by atoms with E-state index >= 15 is 0 Å². The number of carbonyl (C=O) groups is 1. The Hall–Kier alpha value is -1.51. The lowest BCUT2D eigenvalue weighted by Gasteiger charge is -2.35. The summed E-state index contributed by atoms with van der Waals surface area (Å²) >= 11 is 0. The second kappa shape index (κ2) is 3.70. The Morgan fingerprint density at radius 1 is 1.29 bits per heavy atom. The van der Waals surface area contributed by atoms with Crippen molar-refractivity contribution in [2.24, 2.45) is 0 Å². The van der Waals surface area contributed by atoms with Crippen molar-refractivity contribution in [3.8, 4) is 0 Å². The predicted molar refractivity (Wildman–Crippen MR) is 58.0 cm³/mol. The van der Waals surface area contributed by atoms with E-state index in [-0.39, 0.29) is 0 Å². The van der Waals surface area contributed by atoms with Gasteiger partial charge in [-0.25, -0.2) is 0 Å². The van der Waals surface area contributed by atoms with E-state index in [1.54, 1.807) is 0 Å². The number of nitrogens with zero attached hydrogens (tertiary/aromatic N) is 2. The quantitative estimate of drug-likeness (QED) is 0.653. The molecule has 1 aliphatic heterocycles. The molecule has 0 saturated heterocycles. The summed E-state index contributed by atoms with van der Waals surface area (Å²) in [6.07, 6.45) is 0.960. The number of fused-ring (bicyclic) bond motifs is 1. The Morgan fingerprint density at radius 2 is 2.00 bits per heavy atom.